The minimum Gasteiger partial charge on any atom is -0.504 e. The third-order valence-corrected chi connectivity index (χ3v) is 6.96. The van der Waals surface area contributed by atoms with Gasteiger partial charge in [-0.05, 0) is 41.5 Å². The van der Waals surface area contributed by atoms with Crippen molar-refractivity contribution in [1.29, 1.82) is 0 Å². The monoisotopic (exact) mass is 488 g/mol. The number of benzene rings is 3. The van der Waals surface area contributed by atoms with Crippen LogP contribution < -0.4 is 5.73 Å². The summed E-state index contributed by atoms with van der Waals surface area (Å²) in [4.78, 5) is 8.68. The molecule has 0 aliphatic heterocycles. The summed E-state index contributed by atoms with van der Waals surface area (Å²) in [5.41, 5.74) is 9.17. The molecule has 0 amide bonds. The van der Waals surface area contributed by atoms with E-state index in [0.717, 1.165) is 17.5 Å². The molecule has 7 nitrogen and oxygen atoms in total. The molecule has 0 bridgehead atoms. The average molecular weight is 489 g/mol. The minimum absolute atomic E-state index is 0.0506. The van der Waals surface area contributed by atoms with E-state index in [1.165, 1.54) is 24.4 Å². The van der Waals surface area contributed by atoms with Crippen LogP contribution in [-0.2, 0) is 16.4 Å². The maximum atomic E-state index is 15.3. The van der Waals surface area contributed by atoms with Crippen LogP contribution in [-0.4, -0.2) is 34.3 Å². The Labute approximate surface area is 201 Å². The third-order valence-electron chi connectivity index (χ3n) is 5.81. The average Bonchev–Trinajstić information content (AvgIpc) is 3.29. The Hall–Kier alpha value is -4.08. The Kier molecular flexibility index (Phi) is 5.58. The van der Waals surface area contributed by atoms with Gasteiger partial charge in [0, 0.05) is 29.6 Å². The Morgan fingerprint density at radius 3 is 2.54 bits per heavy atom. The van der Waals surface area contributed by atoms with Crippen LogP contribution in [0.3, 0.4) is 0 Å². The molecule has 0 aliphatic rings. The normalized spacial score (nSPS) is 11.7. The second-order valence-corrected chi connectivity index (χ2v) is 10.1. The smallest absolute Gasteiger partial charge is 0.176 e. The summed E-state index contributed by atoms with van der Waals surface area (Å²) in [6.45, 7) is 0.360. The SMILES string of the molecule is CS(=O)(=O)c1ccccc1-c1ccc(-c2ncc3ncn(-c4cccc(CN)c4)c3c2O)c(F)c1. The molecule has 35 heavy (non-hydrogen) atoms. The molecule has 176 valence electrons. The van der Waals surface area contributed by atoms with Gasteiger partial charge >= 0.3 is 0 Å². The molecule has 3 aromatic carbocycles. The maximum absolute atomic E-state index is 15.3. The van der Waals surface area contributed by atoms with Gasteiger partial charge in [-0.25, -0.2) is 22.8 Å². The number of rotatable bonds is 5. The van der Waals surface area contributed by atoms with Crippen LogP contribution in [0, 0.1) is 5.82 Å². The fourth-order valence-electron chi connectivity index (χ4n) is 4.12. The molecule has 0 aliphatic carbocycles. The van der Waals surface area contributed by atoms with Crippen molar-refractivity contribution in [2.45, 2.75) is 11.4 Å². The van der Waals surface area contributed by atoms with Gasteiger partial charge in [-0.15, -0.1) is 0 Å². The predicted octanol–water partition coefficient (Wildman–Crippen LogP) is 4.46. The lowest BCUT2D eigenvalue weighted by Crippen LogP contribution is -2.00. The molecule has 9 heteroatoms. The summed E-state index contributed by atoms with van der Waals surface area (Å²) in [6, 6.07) is 18.2. The van der Waals surface area contributed by atoms with Crippen LogP contribution in [0.5, 0.6) is 5.75 Å². The van der Waals surface area contributed by atoms with Crippen LogP contribution in [0.4, 0.5) is 4.39 Å². The quantitative estimate of drug-likeness (QED) is 0.378. The second-order valence-electron chi connectivity index (χ2n) is 8.14. The highest BCUT2D eigenvalue weighted by molar-refractivity contribution is 7.90. The molecule has 5 rings (SSSR count). The van der Waals surface area contributed by atoms with E-state index in [4.69, 9.17) is 5.73 Å². The maximum Gasteiger partial charge on any atom is 0.176 e. The Balaban J connectivity index is 1.64. The molecule has 0 spiro atoms. The van der Waals surface area contributed by atoms with Crippen molar-refractivity contribution in [3.63, 3.8) is 0 Å². The van der Waals surface area contributed by atoms with Gasteiger partial charge in [-0.1, -0.05) is 36.4 Å². The highest BCUT2D eigenvalue weighted by Crippen LogP contribution is 2.37. The number of halogens is 1. The van der Waals surface area contributed by atoms with E-state index in [2.05, 4.69) is 9.97 Å². The summed E-state index contributed by atoms with van der Waals surface area (Å²) < 4.78 is 41.4. The fourth-order valence-corrected chi connectivity index (χ4v) is 5.03. The fraction of sp³-hybridized carbons (Fsp3) is 0.0769. The first-order chi connectivity index (χ1) is 16.8. The van der Waals surface area contributed by atoms with Gasteiger partial charge in [-0.3, -0.25) is 4.57 Å². The van der Waals surface area contributed by atoms with Gasteiger partial charge in [0.1, 0.15) is 28.9 Å². The molecule has 0 saturated heterocycles. The van der Waals surface area contributed by atoms with Crippen LogP contribution in [0.25, 0.3) is 39.1 Å². The lowest BCUT2D eigenvalue weighted by atomic mass is 10.0. The number of pyridine rings is 1. The van der Waals surface area contributed by atoms with E-state index < -0.39 is 15.7 Å². The van der Waals surface area contributed by atoms with Crippen molar-refractivity contribution >= 4 is 20.9 Å². The van der Waals surface area contributed by atoms with E-state index >= 15 is 4.39 Å². The van der Waals surface area contributed by atoms with Crippen LogP contribution in [0.2, 0.25) is 0 Å². The summed E-state index contributed by atoms with van der Waals surface area (Å²) >= 11 is 0. The van der Waals surface area contributed by atoms with Crippen LogP contribution >= 0.6 is 0 Å². The lowest BCUT2D eigenvalue weighted by molar-refractivity contribution is 0.479. The number of aromatic nitrogens is 3. The summed E-state index contributed by atoms with van der Waals surface area (Å²) in [5.74, 6) is -0.870. The number of hydrogen-bond donors (Lipinski definition) is 2. The molecule has 2 aromatic heterocycles. The Bertz CT molecular complexity index is 1700. The van der Waals surface area contributed by atoms with Gasteiger partial charge < -0.3 is 10.8 Å². The highest BCUT2D eigenvalue weighted by atomic mass is 32.2. The van der Waals surface area contributed by atoms with Crippen LogP contribution in [0.1, 0.15) is 5.56 Å². The molecule has 0 radical (unpaired) electrons. The van der Waals surface area contributed by atoms with Gasteiger partial charge in [0.15, 0.2) is 15.6 Å². The predicted molar refractivity (Wildman–Crippen MR) is 132 cm³/mol. The summed E-state index contributed by atoms with van der Waals surface area (Å²) in [6.07, 6.45) is 4.15. The molecule has 0 atom stereocenters. The molecule has 5 aromatic rings. The first kappa shape index (κ1) is 22.7. The van der Waals surface area contributed by atoms with Gasteiger partial charge in [0.2, 0.25) is 0 Å². The van der Waals surface area contributed by atoms with Crippen molar-refractivity contribution in [3.05, 3.63) is 90.6 Å². The second kappa shape index (κ2) is 8.61. The lowest BCUT2D eigenvalue weighted by Gasteiger charge is -2.12. The van der Waals surface area contributed by atoms with E-state index in [9.17, 15) is 13.5 Å². The molecule has 0 fully saturated rings. The summed E-state index contributed by atoms with van der Waals surface area (Å²) in [7, 11) is -3.51. The molecule has 2 heterocycles. The summed E-state index contributed by atoms with van der Waals surface area (Å²) in [5, 5.41) is 11.1. The molecular formula is C26H21FN4O3S. The minimum atomic E-state index is -3.51. The van der Waals surface area contributed by atoms with Gasteiger partial charge in [0.05, 0.1) is 11.1 Å². The van der Waals surface area contributed by atoms with E-state index in [-0.39, 0.29) is 21.9 Å². The molecule has 3 N–H and O–H groups in total. The number of fused-ring (bicyclic) bond motifs is 1. The van der Waals surface area contributed by atoms with Crippen molar-refractivity contribution in [2.75, 3.05) is 6.26 Å². The number of aromatic hydroxyl groups is 1. The number of nitrogens with zero attached hydrogens (tertiary/aromatic N) is 3. The zero-order valence-corrected chi connectivity index (χ0v) is 19.5. The van der Waals surface area contributed by atoms with Crippen molar-refractivity contribution in [2.24, 2.45) is 5.73 Å². The first-order valence-corrected chi connectivity index (χ1v) is 12.6. The van der Waals surface area contributed by atoms with Gasteiger partial charge in [0.25, 0.3) is 0 Å². The zero-order valence-electron chi connectivity index (χ0n) is 18.7. The first-order valence-electron chi connectivity index (χ1n) is 10.7. The Morgan fingerprint density at radius 2 is 1.80 bits per heavy atom. The number of hydrogen-bond acceptors (Lipinski definition) is 6. The molecule has 0 unspecified atom stereocenters. The van der Waals surface area contributed by atoms with Crippen LogP contribution in [0.15, 0.2) is 84.1 Å². The zero-order chi connectivity index (χ0) is 24.7. The van der Waals surface area contributed by atoms with Crippen molar-refractivity contribution in [3.8, 4) is 33.8 Å². The van der Waals surface area contributed by atoms with E-state index in [1.54, 1.807) is 35.2 Å². The van der Waals surface area contributed by atoms with Crippen molar-refractivity contribution in [1.82, 2.24) is 14.5 Å². The number of imidazole rings is 1. The highest BCUT2D eigenvalue weighted by Gasteiger charge is 2.20. The van der Waals surface area contributed by atoms with E-state index in [0.29, 0.717) is 28.7 Å². The van der Waals surface area contributed by atoms with E-state index in [1.807, 2.05) is 24.3 Å². The Morgan fingerprint density at radius 1 is 1.00 bits per heavy atom. The third kappa shape index (κ3) is 4.05. The molecule has 0 saturated carbocycles. The van der Waals surface area contributed by atoms with Crippen molar-refractivity contribution < 1.29 is 17.9 Å². The number of sulfone groups is 1. The topological polar surface area (TPSA) is 111 Å². The van der Waals surface area contributed by atoms with Gasteiger partial charge in [-0.2, -0.15) is 0 Å². The largest absolute Gasteiger partial charge is 0.504 e. The molecular weight excluding hydrogens is 467 g/mol. The number of nitrogens with two attached hydrogens (primary N) is 1. The standard InChI is InChI=1S/C26H21FN4O3S/c1-35(33,34)23-8-3-2-7-19(23)17-9-10-20(21(27)12-17)24-26(32)25-22(14-29-24)30-15-31(25)18-6-4-5-16(11-18)13-28/h2-12,14-15,32H,13,28H2,1H3.